The molecule has 0 aliphatic heterocycles. The van der Waals surface area contributed by atoms with Gasteiger partial charge < -0.3 is 0 Å². The summed E-state index contributed by atoms with van der Waals surface area (Å²) in [5.41, 5.74) is 1.98. The zero-order valence-corrected chi connectivity index (χ0v) is 13.8. The van der Waals surface area contributed by atoms with Crippen LogP contribution in [0.3, 0.4) is 0 Å². The summed E-state index contributed by atoms with van der Waals surface area (Å²) in [5, 5.41) is 4.10. The van der Waals surface area contributed by atoms with Crippen LogP contribution in [0, 0.1) is 13.8 Å². The van der Waals surface area contributed by atoms with Crippen molar-refractivity contribution < 1.29 is 8.42 Å². The molecule has 0 saturated heterocycles. The van der Waals surface area contributed by atoms with Crippen molar-refractivity contribution in [2.24, 2.45) is 0 Å². The number of nitrogens with one attached hydrogen (secondary N) is 1. The van der Waals surface area contributed by atoms with E-state index in [-0.39, 0.29) is 0 Å². The Hall–Kier alpha value is -0.700. The molecule has 2 heterocycles. The first-order valence-corrected chi connectivity index (χ1v) is 8.72. The molecule has 2 aromatic heterocycles. The molecule has 5 nitrogen and oxygen atoms in total. The number of hydrogen-bond acceptors (Lipinski definition) is 4. The van der Waals surface area contributed by atoms with Crippen LogP contribution in [-0.2, 0) is 16.6 Å². The fourth-order valence-electron chi connectivity index (χ4n) is 1.52. The van der Waals surface area contributed by atoms with Crippen LogP contribution in [-0.4, -0.2) is 24.7 Å². The van der Waals surface area contributed by atoms with Crippen molar-refractivity contribution in [3.8, 4) is 0 Å². The molecule has 2 rings (SSSR count). The number of hydrogen-bond donors (Lipinski definition) is 1. The maximum atomic E-state index is 12.0. The minimum absolute atomic E-state index is 0.317. The Labute approximate surface area is 124 Å². The lowest BCUT2D eigenvalue weighted by molar-refractivity contribution is 0.562. The van der Waals surface area contributed by atoms with Crippen LogP contribution in [0.1, 0.15) is 11.1 Å². The molecule has 1 N–H and O–H groups in total. The zero-order valence-electron chi connectivity index (χ0n) is 10.6. The lowest BCUT2D eigenvalue weighted by Gasteiger charge is -2.04. The Morgan fingerprint density at radius 1 is 1.47 bits per heavy atom. The first-order chi connectivity index (χ1) is 8.88. The van der Waals surface area contributed by atoms with Crippen LogP contribution in [0.15, 0.2) is 26.5 Å². The van der Waals surface area contributed by atoms with E-state index in [0.29, 0.717) is 17.3 Å². The highest BCUT2D eigenvalue weighted by molar-refractivity contribution is 9.11. The third-order valence-electron chi connectivity index (χ3n) is 2.49. The summed E-state index contributed by atoms with van der Waals surface area (Å²) < 4.78 is 29.5. The van der Waals surface area contributed by atoms with Gasteiger partial charge in [-0.2, -0.15) is 5.10 Å². The van der Waals surface area contributed by atoms with Gasteiger partial charge in [0.2, 0.25) is 10.0 Å². The monoisotopic (exact) mass is 363 g/mol. The van der Waals surface area contributed by atoms with Gasteiger partial charge in [-0.05, 0) is 47.0 Å². The quantitative estimate of drug-likeness (QED) is 0.886. The Kier molecular flexibility index (Phi) is 4.44. The van der Waals surface area contributed by atoms with E-state index in [1.807, 2.05) is 20.0 Å². The van der Waals surface area contributed by atoms with Crippen molar-refractivity contribution in [1.82, 2.24) is 14.5 Å². The first kappa shape index (κ1) is 14.7. The second-order valence-electron chi connectivity index (χ2n) is 4.20. The van der Waals surface area contributed by atoms with Crippen molar-refractivity contribution in [3.63, 3.8) is 0 Å². The number of aryl methyl sites for hydroxylation is 2. The molecule has 0 aliphatic rings. The van der Waals surface area contributed by atoms with Gasteiger partial charge in [0.25, 0.3) is 0 Å². The standard InChI is InChI=1S/C11H14BrN3O2S2/c1-8-6-13-15(7-8)4-3-14-19(16,17)10-5-9(2)11(12)18-10/h5-7,14H,3-4H2,1-2H3. The van der Waals surface area contributed by atoms with Gasteiger partial charge in [-0.25, -0.2) is 13.1 Å². The van der Waals surface area contributed by atoms with Gasteiger partial charge in [0, 0.05) is 12.7 Å². The minimum Gasteiger partial charge on any atom is -0.271 e. The Bertz CT molecular complexity index is 656. The number of aromatic nitrogens is 2. The lowest BCUT2D eigenvalue weighted by atomic mass is 10.4. The summed E-state index contributed by atoms with van der Waals surface area (Å²) in [6.07, 6.45) is 3.62. The molecule has 2 aromatic rings. The SMILES string of the molecule is Cc1cnn(CCNS(=O)(=O)c2cc(C)c(Br)s2)c1. The summed E-state index contributed by atoms with van der Waals surface area (Å²) in [4.78, 5) is 0. The molecule has 8 heteroatoms. The summed E-state index contributed by atoms with van der Waals surface area (Å²) in [7, 11) is -3.43. The third kappa shape index (κ3) is 3.65. The topological polar surface area (TPSA) is 64.0 Å². The number of rotatable bonds is 5. The molecule has 0 bridgehead atoms. The Balaban J connectivity index is 1.98. The normalized spacial score (nSPS) is 11.9. The van der Waals surface area contributed by atoms with Crippen LogP contribution in [0.25, 0.3) is 0 Å². The maximum Gasteiger partial charge on any atom is 0.250 e. The molecule has 0 fully saturated rings. The molecule has 0 unspecified atom stereocenters. The number of nitrogens with zero attached hydrogens (tertiary/aromatic N) is 2. The van der Waals surface area contributed by atoms with E-state index in [1.165, 1.54) is 11.3 Å². The molecular weight excluding hydrogens is 350 g/mol. The fraction of sp³-hybridized carbons (Fsp3) is 0.364. The average Bonchev–Trinajstić information content (AvgIpc) is 2.87. The van der Waals surface area contributed by atoms with E-state index in [2.05, 4.69) is 25.8 Å². The average molecular weight is 364 g/mol. The third-order valence-corrected chi connectivity index (χ3v) is 6.57. The van der Waals surface area contributed by atoms with Gasteiger partial charge in [-0.15, -0.1) is 11.3 Å². The molecule has 0 aromatic carbocycles. The fourth-order valence-corrected chi connectivity index (χ4v) is 4.81. The molecule has 0 aliphatic carbocycles. The van der Waals surface area contributed by atoms with Gasteiger partial charge >= 0.3 is 0 Å². The second-order valence-corrected chi connectivity index (χ2v) is 8.56. The molecular formula is C11H14BrN3O2S2. The zero-order chi connectivity index (χ0) is 14.0. The number of halogens is 1. The highest BCUT2D eigenvalue weighted by Gasteiger charge is 2.17. The van der Waals surface area contributed by atoms with Crippen molar-refractivity contribution in [2.75, 3.05) is 6.54 Å². The predicted octanol–water partition coefficient (Wildman–Crippen LogP) is 2.30. The predicted molar refractivity (Wildman–Crippen MR) is 78.9 cm³/mol. The summed E-state index contributed by atoms with van der Waals surface area (Å²) in [6.45, 7) is 4.64. The van der Waals surface area contributed by atoms with Crippen molar-refractivity contribution in [1.29, 1.82) is 0 Å². The van der Waals surface area contributed by atoms with Crippen LogP contribution in [0.2, 0.25) is 0 Å². The molecule has 0 atom stereocenters. The van der Waals surface area contributed by atoms with Gasteiger partial charge in [-0.3, -0.25) is 4.68 Å². The van der Waals surface area contributed by atoms with Crippen molar-refractivity contribution >= 4 is 37.3 Å². The van der Waals surface area contributed by atoms with E-state index in [0.717, 1.165) is 14.9 Å². The first-order valence-electron chi connectivity index (χ1n) is 5.63. The largest absolute Gasteiger partial charge is 0.271 e. The van der Waals surface area contributed by atoms with Crippen molar-refractivity contribution in [2.45, 2.75) is 24.6 Å². The van der Waals surface area contributed by atoms with Crippen LogP contribution < -0.4 is 4.72 Å². The summed E-state index contributed by atoms with van der Waals surface area (Å²) in [6, 6.07) is 1.66. The van der Waals surface area contributed by atoms with Gasteiger partial charge in [0.1, 0.15) is 4.21 Å². The van der Waals surface area contributed by atoms with Crippen LogP contribution in [0.4, 0.5) is 0 Å². The van der Waals surface area contributed by atoms with Gasteiger partial charge in [0.05, 0.1) is 16.5 Å². The maximum absolute atomic E-state index is 12.0. The van der Waals surface area contributed by atoms with Crippen molar-refractivity contribution in [3.05, 3.63) is 33.4 Å². The van der Waals surface area contributed by atoms with E-state index >= 15 is 0 Å². The van der Waals surface area contributed by atoms with E-state index in [1.54, 1.807) is 16.9 Å². The lowest BCUT2D eigenvalue weighted by Crippen LogP contribution is -2.27. The Morgan fingerprint density at radius 2 is 2.21 bits per heavy atom. The summed E-state index contributed by atoms with van der Waals surface area (Å²) >= 11 is 4.54. The molecule has 0 amide bonds. The molecule has 0 spiro atoms. The summed E-state index contributed by atoms with van der Waals surface area (Å²) in [5.74, 6) is 0. The Morgan fingerprint density at radius 3 is 2.74 bits per heavy atom. The highest BCUT2D eigenvalue weighted by atomic mass is 79.9. The minimum atomic E-state index is -3.43. The number of thiophene rings is 1. The molecule has 104 valence electrons. The smallest absolute Gasteiger partial charge is 0.250 e. The molecule has 19 heavy (non-hydrogen) atoms. The van der Waals surface area contributed by atoms with Crippen LogP contribution in [0.5, 0.6) is 0 Å². The highest BCUT2D eigenvalue weighted by Crippen LogP contribution is 2.30. The van der Waals surface area contributed by atoms with Gasteiger partial charge in [0.15, 0.2) is 0 Å². The van der Waals surface area contributed by atoms with Crippen LogP contribution >= 0.6 is 27.3 Å². The van der Waals surface area contributed by atoms with E-state index < -0.39 is 10.0 Å². The number of sulfonamides is 1. The second kappa shape index (κ2) is 5.74. The van der Waals surface area contributed by atoms with Gasteiger partial charge in [-0.1, -0.05) is 0 Å². The van der Waals surface area contributed by atoms with E-state index in [4.69, 9.17) is 0 Å². The molecule has 0 saturated carbocycles. The van der Waals surface area contributed by atoms with E-state index in [9.17, 15) is 8.42 Å². The molecule has 0 radical (unpaired) electrons.